The van der Waals surface area contributed by atoms with E-state index in [9.17, 15) is 4.79 Å². The number of likely N-dealkylation sites (N-methyl/N-ethyl adjacent to an activating group) is 1. The molecule has 72 valence electrons. The van der Waals surface area contributed by atoms with Gasteiger partial charge in [0.25, 0.3) is 5.91 Å². The maximum atomic E-state index is 11.8. The SMILES string of the molecule is C=C1Cc2nnc(C)cc2C(=O)N1C. The molecule has 1 aromatic rings. The standard InChI is InChI=1S/C10H11N3O/c1-6-4-8-9(12-11-6)5-7(2)13(3)10(8)14/h4H,2,5H2,1,3H3. The first-order valence-electron chi connectivity index (χ1n) is 4.38. The first kappa shape index (κ1) is 8.87. The molecule has 1 aliphatic rings. The Morgan fingerprint density at radius 3 is 2.93 bits per heavy atom. The molecule has 0 aliphatic carbocycles. The summed E-state index contributed by atoms with van der Waals surface area (Å²) in [5.74, 6) is -0.0470. The van der Waals surface area contributed by atoms with Crippen LogP contribution in [0.2, 0.25) is 0 Å². The van der Waals surface area contributed by atoms with E-state index in [-0.39, 0.29) is 5.91 Å². The Balaban J connectivity index is 2.57. The van der Waals surface area contributed by atoms with E-state index in [1.165, 1.54) is 0 Å². The van der Waals surface area contributed by atoms with Gasteiger partial charge in [-0.25, -0.2) is 0 Å². The molecule has 0 spiro atoms. The molecule has 2 rings (SSSR count). The molecule has 0 aromatic carbocycles. The van der Waals surface area contributed by atoms with Crippen LogP contribution in [0.4, 0.5) is 0 Å². The van der Waals surface area contributed by atoms with Crippen LogP contribution in [0.3, 0.4) is 0 Å². The number of hydrogen-bond donors (Lipinski definition) is 0. The molecular weight excluding hydrogens is 178 g/mol. The fraction of sp³-hybridized carbons (Fsp3) is 0.300. The van der Waals surface area contributed by atoms with Gasteiger partial charge < -0.3 is 4.90 Å². The predicted molar refractivity (Wildman–Crippen MR) is 51.7 cm³/mol. The van der Waals surface area contributed by atoms with Gasteiger partial charge in [0.2, 0.25) is 0 Å². The van der Waals surface area contributed by atoms with Crippen molar-refractivity contribution < 1.29 is 4.79 Å². The van der Waals surface area contributed by atoms with Gasteiger partial charge in [0.05, 0.1) is 17.0 Å². The van der Waals surface area contributed by atoms with Crippen LogP contribution in [0.5, 0.6) is 0 Å². The lowest BCUT2D eigenvalue weighted by atomic mass is 10.0. The van der Waals surface area contributed by atoms with Crippen LogP contribution >= 0.6 is 0 Å². The fourth-order valence-electron chi connectivity index (χ4n) is 1.47. The molecule has 0 unspecified atom stereocenters. The number of amides is 1. The van der Waals surface area contributed by atoms with Gasteiger partial charge in [-0.15, -0.1) is 0 Å². The predicted octanol–water partition coefficient (Wildman–Crippen LogP) is 0.927. The van der Waals surface area contributed by atoms with E-state index in [1.54, 1.807) is 18.0 Å². The minimum absolute atomic E-state index is 0.0470. The number of allylic oxidation sites excluding steroid dienone is 1. The molecule has 0 saturated carbocycles. The largest absolute Gasteiger partial charge is 0.315 e. The molecule has 0 radical (unpaired) electrons. The van der Waals surface area contributed by atoms with Gasteiger partial charge in [-0.2, -0.15) is 10.2 Å². The number of aromatic nitrogens is 2. The normalized spacial score (nSPS) is 15.7. The van der Waals surface area contributed by atoms with E-state index in [4.69, 9.17) is 0 Å². The van der Waals surface area contributed by atoms with Crippen LogP contribution in [0, 0.1) is 6.92 Å². The Kier molecular flexibility index (Phi) is 1.84. The van der Waals surface area contributed by atoms with Crippen molar-refractivity contribution >= 4 is 5.91 Å². The summed E-state index contributed by atoms with van der Waals surface area (Å²) in [4.78, 5) is 13.3. The van der Waals surface area contributed by atoms with Crippen LogP contribution in [-0.4, -0.2) is 28.1 Å². The topological polar surface area (TPSA) is 46.1 Å². The zero-order valence-electron chi connectivity index (χ0n) is 8.24. The molecular formula is C10H11N3O. The van der Waals surface area contributed by atoms with Crippen molar-refractivity contribution in [2.75, 3.05) is 7.05 Å². The van der Waals surface area contributed by atoms with E-state index in [0.717, 1.165) is 17.1 Å². The number of fused-ring (bicyclic) bond motifs is 1. The van der Waals surface area contributed by atoms with Crippen molar-refractivity contribution in [1.29, 1.82) is 0 Å². The van der Waals surface area contributed by atoms with Crippen LogP contribution < -0.4 is 0 Å². The Labute approximate surface area is 82.3 Å². The lowest BCUT2D eigenvalue weighted by Gasteiger charge is -2.25. The van der Waals surface area contributed by atoms with Gasteiger partial charge in [-0.05, 0) is 13.0 Å². The molecule has 0 saturated heterocycles. The van der Waals surface area contributed by atoms with Crippen molar-refractivity contribution in [2.45, 2.75) is 13.3 Å². The molecule has 4 nitrogen and oxygen atoms in total. The Morgan fingerprint density at radius 2 is 2.21 bits per heavy atom. The maximum absolute atomic E-state index is 11.8. The van der Waals surface area contributed by atoms with Gasteiger partial charge in [0, 0.05) is 19.2 Å². The van der Waals surface area contributed by atoms with Gasteiger partial charge in [0.1, 0.15) is 0 Å². The zero-order valence-corrected chi connectivity index (χ0v) is 8.24. The minimum Gasteiger partial charge on any atom is -0.315 e. The van der Waals surface area contributed by atoms with Crippen molar-refractivity contribution in [3.05, 3.63) is 35.3 Å². The van der Waals surface area contributed by atoms with Crippen molar-refractivity contribution in [2.24, 2.45) is 0 Å². The fourth-order valence-corrected chi connectivity index (χ4v) is 1.47. The summed E-state index contributed by atoms with van der Waals surface area (Å²) >= 11 is 0. The summed E-state index contributed by atoms with van der Waals surface area (Å²) in [6.45, 7) is 5.63. The highest BCUT2D eigenvalue weighted by molar-refractivity contribution is 5.97. The first-order valence-corrected chi connectivity index (χ1v) is 4.38. The molecule has 4 heteroatoms. The molecule has 0 atom stereocenters. The lowest BCUT2D eigenvalue weighted by molar-refractivity contribution is 0.0821. The van der Waals surface area contributed by atoms with Crippen LogP contribution in [0.25, 0.3) is 0 Å². The molecule has 1 aromatic heterocycles. The molecule has 0 bridgehead atoms. The summed E-state index contributed by atoms with van der Waals surface area (Å²) in [5.41, 5.74) is 2.90. The quantitative estimate of drug-likeness (QED) is 0.609. The van der Waals surface area contributed by atoms with E-state index in [0.29, 0.717) is 12.0 Å². The number of rotatable bonds is 0. The molecule has 14 heavy (non-hydrogen) atoms. The Hall–Kier alpha value is -1.71. The number of aryl methyl sites for hydroxylation is 1. The van der Waals surface area contributed by atoms with Gasteiger partial charge in [0.15, 0.2) is 0 Å². The summed E-state index contributed by atoms with van der Waals surface area (Å²) in [7, 11) is 1.73. The van der Waals surface area contributed by atoms with E-state index < -0.39 is 0 Å². The number of hydrogen-bond acceptors (Lipinski definition) is 3. The monoisotopic (exact) mass is 189 g/mol. The third-order valence-corrected chi connectivity index (χ3v) is 2.37. The van der Waals surface area contributed by atoms with E-state index in [2.05, 4.69) is 16.8 Å². The highest BCUT2D eigenvalue weighted by Gasteiger charge is 2.25. The first-order chi connectivity index (χ1) is 6.59. The lowest BCUT2D eigenvalue weighted by Crippen LogP contribution is -2.32. The van der Waals surface area contributed by atoms with Crippen LogP contribution in [-0.2, 0) is 6.42 Å². The van der Waals surface area contributed by atoms with E-state index >= 15 is 0 Å². The summed E-state index contributed by atoms with van der Waals surface area (Å²) in [5, 5.41) is 7.92. The van der Waals surface area contributed by atoms with Gasteiger partial charge in [-0.3, -0.25) is 4.79 Å². The molecule has 0 fully saturated rings. The second kappa shape index (κ2) is 2.90. The average Bonchev–Trinajstić information content (AvgIpc) is 2.16. The summed E-state index contributed by atoms with van der Waals surface area (Å²) in [6, 6.07) is 1.77. The molecule has 0 N–H and O–H groups in total. The zero-order chi connectivity index (χ0) is 10.3. The Morgan fingerprint density at radius 1 is 1.50 bits per heavy atom. The highest BCUT2D eigenvalue weighted by Crippen LogP contribution is 2.21. The summed E-state index contributed by atoms with van der Waals surface area (Å²) in [6.07, 6.45) is 0.602. The third-order valence-electron chi connectivity index (χ3n) is 2.37. The average molecular weight is 189 g/mol. The number of carbonyl (C=O) groups excluding carboxylic acids is 1. The smallest absolute Gasteiger partial charge is 0.259 e. The third kappa shape index (κ3) is 1.19. The van der Waals surface area contributed by atoms with Crippen molar-refractivity contribution in [3.8, 4) is 0 Å². The molecule has 1 amide bonds. The number of nitrogens with zero attached hydrogens (tertiary/aromatic N) is 3. The Bertz CT molecular complexity index is 425. The minimum atomic E-state index is -0.0470. The van der Waals surface area contributed by atoms with Gasteiger partial charge >= 0.3 is 0 Å². The molecule has 1 aliphatic heterocycles. The maximum Gasteiger partial charge on any atom is 0.259 e. The van der Waals surface area contributed by atoms with Crippen LogP contribution in [0.1, 0.15) is 21.7 Å². The van der Waals surface area contributed by atoms with Crippen LogP contribution in [0.15, 0.2) is 18.3 Å². The second-order valence-electron chi connectivity index (χ2n) is 3.45. The van der Waals surface area contributed by atoms with Crippen molar-refractivity contribution in [3.63, 3.8) is 0 Å². The summed E-state index contributed by atoms with van der Waals surface area (Å²) < 4.78 is 0. The van der Waals surface area contributed by atoms with E-state index in [1.807, 2.05) is 6.92 Å². The number of carbonyl (C=O) groups is 1. The molecule has 2 heterocycles. The highest BCUT2D eigenvalue weighted by atomic mass is 16.2. The van der Waals surface area contributed by atoms with Gasteiger partial charge in [-0.1, -0.05) is 6.58 Å². The van der Waals surface area contributed by atoms with Crippen molar-refractivity contribution in [1.82, 2.24) is 15.1 Å². The second-order valence-corrected chi connectivity index (χ2v) is 3.45.